The van der Waals surface area contributed by atoms with Gasteiger partial charge in [0, 0.05) is 12.2 Å². The number of carbonyl (C=O) groups excluding carboxylic acids is 1. The number of carbonyl (C=O) groups is 1. The summed E-state index contributed by atoms with van der Waals surface area (Å²) in [6.07, 6.45) is 1.46. The number of rotatable bonds is 5. The molecule has 90 valence electrons. The number of esters is 1. The molecule has 2 aromatic rings. The minimum Gasteiger partial charge on any atom is -0.464 e. The van der Waals surface area contributed by atoms with Crippen LogP contribution in [-0.2, 0) is 17.8 Å². The minimum absolute atomic E-state index is 0.369. The number of aromatic nitrogens is 4. The van der Waals surface area contributed by atoms with E-state index in [9.17, 15) is 4.79 Å². The van der Waals surface area contributed by atoms with Gasteiger partial charge in [-0.2, -0.15) is 5.10 Å². The van der Waals surface area contributed by atoms with Gasteiger partial charge in [0.15, 0.2) is 0 Å². The van der Waals surface area contributed by atoms with E-state index in [0.29, 0.717) is 18.8 Å². The zero-order chi connectivity index (χ0) is 12.1. The fraction of sp³-hybridized carbons (Fsp3) is 0.300. The van der Waals surface area contributed by atoms with Gasteiger partial charge in [-0.1, -0.05) is 0 Å². The van der Waals surface area contributed by atoms with Crippen molar-refractivity contribution in [2.75, 3.05) is 7.11 Å². The zero-order valence-corrected chi connectivity index (χ0v) is 9.36. The Bertz CT molecular complexity index is 477. The average Bonchev–Trinajstić information content (AvgIpc) is 2.99. The fourth-order valence-electron chi connectivity index (χ4n) is 1.40. The summed E-state index contributed by atoms with van der Waals surface area (Å²) in [5.41, 5.74) is 1.36. The summed E-state index contributed by atoms with van der Waals surface area (Å²) in [5.74, 6) is 0.399. The molecule has 0 aliphatic rings. The molecule has 0 saturated carbocycles. The van der Waals surface area contributed by atoms with Crippen molar-refractivity contribution in [1.29, 1.82) is 0 Å². The van der Waals surface area contributed by atoms with Crippen LogP contribution in [0.15, 0.2) is 18.5 Å². The summed E-state index contributed by atoms with van der Waals surface area (Å²) in [6, 6.07) is 3.52. The van der Waals surface area contributed by atoms with Crippen molar-refractivity contribution < 1.29 is 9.53 Å². The summed E-state index contributed by atoms with van der Waals surface area (Å²) >= 11 is 0. The first-order valence-corrected chi connectivity index (χ1v) is 5.11. The lowest BCUT2D eigenvalue weighted by molar-refractivity contribution is 0.0594. The molecule has 7 heteroatoms. The van der Waals surface area contributed by atoms with E-state index >= 15 is 0 Å². The topological polar surface area (TPSA) is 95.7 Å². The van der Waals surface area contributed by atoms with Crippen molar-refractivity contribution in [3.63, 3.8) is 0 Å². The van der Waals surface area contributed by atoms with Crippen LogP contribution in [0.25, 0.3) is 0 Å². The van der Waals surface area contributed by atoms with Crippen LogP contribution in [-0.4, -0.2) is 33.2 Å². The van der Waals surface area contributed by atoms with Crippen LogP contribution in [0.5, 0.6) is 0 Å². The maximum absolute atomic E-state index is 11.2. The van der Waals surface area contributed by atoms with E-state index in [1.165, 1.54) is 13.4 Å². The van der Waals surface area contributed by atoms with Crippen LogP contribution in [0, 0.1) is 0 Å². The number of ether oxygens (including phenoxy) is 1. The third-order valence-electron chi connectivity index (χ3n) is 2.22. The van der Waals surface area contributed by atoms with E-state index in [2.05, 4.69) is 30.2 Å². The van der Waals surface area contributed by atoms with Crippen LogP contribution >= 0.6 is 0 Å². The van der Waals surface area contributed by atoms with E-state index in [0.717, 1.165) is 11.5 Å². The Morgan fingerprint density at radius 3 is 3.06 bits per heavy atom. The van der Waals surface area contributed by atoms with Crippen molar-refractivity contribution in [2.24, 2.45) is 0 Å². The van der Waals surface area contributed by atoms with E-state index < -0.39 is 0 Å². The number of aromatic amines is 2. The van der Waals surface area contributed by atoms with Crippen LogP contribution in [0.3, 0.4) is 0 Å². The second-order valence-corrected chi connectivity index (χ2v) is 3.42. The quantitative estimate of drug-likeness (QED) is 0.644. The first-order valence-electron chi connectivity index (χ1n) is 5.11. The van der Waals surface area contributed by atoms with Crippen LogP contribution in [0.2, 0.25) is 0 Å². The lowest BCUT2D eigenvalue weighted by Gasteiger charge is -2.00. The van der Waals surface area contributed by atoms with Gasteiger partial charge in [-0.25, -0.2) is 9.78 Å². The largest absolute Gasteiger partial charge is 0.464 e. The van der Waals surface area contributed by atoms with Crippen molar-refractivity contribution in [2.45, 2.75) is 13.1 Å². The number of H-pyrrole nitrogens is 2. The molecule has 17 heavy (non-hydrogen) atoms. The van der Waals surface area contributed by atoms with Crippen molar-refractivity contribution in [1.82, 2.24) is 25.5 Å². The Morgan fingerprint density at radius 1 is 1.47 bits per heavy atom. The van der Waals surface area contributed by atoms with Gasteiger partial charge >= 0.3 is 5.97 Å². The maximum atomic E-state index is 11.2. The number of nitrogens with zero attached hydrogens (tertiary/aromatic N) is 2. The number of hydrogen-bond acceptors (Lipinski definition) is 5. The van der Waals surface area contributed by atoms with Gasteiger partial charge in [-0.3, -0.25) is 5.10 Å². The molecule has 0 radical (unpaired) electrons. The molecule has 0 amide bonds. The lowest BCUT2D eigenvalue weighted by Crippen LogP contribution is -2.14. The molecule has 2 heterocycles. The molecule has 0 aliphatic heterocycles. The van der Waals surface area contributed by atoms with Crippen LogP contribution < -0.4 is 5.32 Å². The lowest BCUT2D eigenvalue weighted by atomic mass is 10.4. The van der Waals surface area contributed by atoms with Crippen LogP contribution in [0.1, 0.15) is 22.0 Å². The molecule has 7 nitrogen and oxygen atoms in total. The predicted octanol–water partition coefficient (Wildman–Crippen LogP) is 0.209. The second kappa shape index (κ2) is 5.26. The molecular formula is C10H13N5O2. The number of methoxy groups -OCH3 is 1. The minimum atomic E-state index is -0.369. The highest BCUT2D eigenvalue weighted by molar-refractivity contribution is 5.87. The number of nitrogens with one attached hydrogen (secondary N) is 3. The number of hydrogen-bond donors (Lipinski definition) is 3. The molecule has 0 saturated heterocycles. The first-order chi connectivity index (χ1) is 8.29. The molecule has 0 spiro atoms. The standard InChI is InChI=1S/C10H13N5O2/c1-17-10(16)8-3-2-7(14-8)4-11-5-9-12-6-13-15-9/h2-3,6,11,14H,4-5H2,1H3,(H,12,13,15). The normalized spacial score (nSPS) is 10.4. The Hall–Kier alpha value is -2.15. The van der Waals surface area contributed by atoms with E-state index in [4.69, 9.17) is 0 Å². The van der Waals surface area contributed by atoms with Gasteiger partial charge < -0.3 is 15.0 Å². The van der Waals surface area contributed by atoms with Gasteiger partial charge in [-0.15, -0.1) is 0 Å². The van der Waals surface area contributed by atoms with Crippen LogP contribution in [0.4, 0.5) is 0 Å². The second-order valence-electron chi connectivity index (χ2n) is 3.42. The van der Waals surface area contributed by atoms with E-state index in [1.54, 1.807) is 6.07 Å². The molecule has 0 atom stereocenters. The van der Waals surface area contributed by atoms with E-state index in [-0.39, 0.29) is 5.97 Å². The molecular weight excluding hydrogens is 222 g/mol. The molecule has 2 rings (SSSR count). The third-order valence-corrected chi connectivity index (χ3v) is 2.22. The Kier molecular flexibility index (Phi) is 3.51. The monoisotopic (exact) mass is 235 g/mol. The molecule has 0 aromatic carbocycles. The smallest absolute Gasteiger partial charge is 0.354 e. The molecule has 0 bridgehead atoms. The summed E-state index contributed by atoms with van der Waals surface area (Å²) < 4.78 is 4.60. The summed E-state index contributed by atoms with van der Waals surface area (Å²) in [7, 11) is 1.35. The van der Waals surface area contributed by atoms with Crippen molar-refractivity contribution in [3.05, 3.63) is 35.7 Å². The van der Waals surface area contributed by atoms with Crippen molar-refractivity contribution in [3.8, 4) is 0 Å². The first kappa shape index (κ1) is 11.3. The van der Waals surface area contributed by atoms with Gasteiger partial charge in [0.05, 0.1) is 13.7 Å². The Labute approximate surface area is 97.6 Å². The van der Waals surface area contributed by atoms with Gasteiger partial charge in [0.25, 0.3) is 0 Å². The zero-order valence-electron chi connectivity index (χ0n) is 9.36. The van der Waals surface area contributed by atoms with E-state index in [1.807, 2.05) is 6.07 Å². The van der Waals surface area contributed by atoms with Gasteiger partial charge in [0.2, 0.25) is 0 Å². The Balaban J connectivity index is 1.83. The molecule has 2 aromatic heterocycles. The average molecular weight is 235 g/mol. The highest BCUT2D eigenvalue weighted by atomic mass is 16.5. The highest BCUT2D eigenvalue weighted by Crippen LogP contribution is 2.03. The molecule has 0 aliphatic carbocycles. The molecule has 0 fully saturated rings. The van der Waals surface area contributed by atoms with Gasteiger partial charge in [-0.05, 0) is 12.1 Å². The summed E-state index contributed by atoms with van der Waals surface area (Å²) in [4.78, 5) is 18.1. The third kappa shape index (κ3) is 2.91. The summed E-state index contributed by atoms with van der Waals surface area (Å²) in [6.45, 7) is 1.20. The molecule has 0 unspecified atom stereocenters. The highest BCUT2D eigenvalue weighted by Gasteiger charge is 2.07. The molecule has 3 N–H and O–H groups in total. The maximum Gasteiger partial charge on any atom is 0.354 e. The fourth-order valence-corrected chi connectivity index (χ4v) is 1.40. The summed E-state index contributed by atoms with van der Waals surface area (Å²) in [5, 5.41) is 9.65. The van der Waals surface area contributed by atoms with Crippen molar-refractivity contribution >= 4 is 5.97 Å². The predicted molar refractivity (Wildman–Crippen MR) is 59.1 cm³/mol. The SMILES string of the molecule is COC(=O)c1ccc(CNCc2ncn[nH]2)[nH]1. The van der Waals surface area contributed by atoms with Gasteiger partial charge in [0.1, 0.15) is 17.8 Å². The Morgan fingerprint density at radius 2 is 2.35 bits per heavy atom.